The van der Waals surface area contributed by atoms with Crippen LogP contribution in [0.1, 0.15) is 16.7 Å². The van der Waals surface area contributed by atoms with Gasteiger partial charge in [-0.25, -0.2) is 4.79 Å². The van der Waals surface area contributed by atoms with Crippen molar-refractivity contribution in [2.24, 2.45) is 0 Å². The van der Waals surface area contributed by atoms with Gasteiger partial charge in [0.1, 0.15) is 0 Å². The minimum absolute atomic E-state index is 0.106. The molecule has 116 valence electrons. The number of amides is 2. The molecule has 0 heterocycles. The van der Waals surface area contributed by atoms with E-state index in [9.17, 15) is 4.79 Å². The third kappa shape index (κ3) is 5.53. The lowest BCUT2D eigenvalue weighted by molar-refractivity contribution is 0.241. The van der Waals surface area contributed by atoms with Crippen molar-refractivity contribution in [1.29, 1.82) is 0 Å². The number of hydrogen-bond acceptors (Lipinski definition) is 1. The predicted molar refractivity (Wildman–Crippen MR) is 94.1 cm³/mol. The normalized spacial score (nSPS) is 10.3. The number of hydrogen-bond donors (Lipinski definition) is 2. The molecule has 4 heteroatoms. The summed E-state index contributed by atoms with van der Waals surface area (Å²) >= 11 is 3.41. The molecule has 0 aromatic heterocycles. The fraction of sp³-hybridized carbons (Fsp3) is 0.278. The minimum Gasteiger partial charge on any atom is -0.338 e. The number of halogens is 1. The predicted octanol–water partition coefficient (Wildman–Crippen LogP) is 3.84. The van der Waals surface area contributed by atoms with E-state index in [4.69, 9.17) is 0 Å². The summed E-state index contributed by atoms with van der Waals surface area (Å²) in [6.07, 6.45) is 1.69. The lowest BCUT2D eigenvalue weighted by Crippen LogP contribution is -2.37. The first-order chi connectivity index (χ1) is 10.6. The van der Waals surface area contributed by atoms with Crippen LogP contribution >= 0.6 is 15.9 Å². The zero-order chi connectivity index (χ0) is 15.8. The first kappa shape index (κ1) is 16.6. The van der Waals surface area contributed by atoms with Gasteiger partial charge in [-0.15, -0.1) is 0 Å². The lowest BCUT2D eigenvalue weighted by atomic mass is 10.1. The smallest absolute Gasteiger partial charge is 0.314 e. The van der Waals surface area contributed by atoms with E-state index in [0.29, 0.717) is 13.1 Å². The molecule has 22 heavy (non-hydrogen) atoms. The Balaban J connectivity index is 1.64. The van der Waals surface area contributed by atoms with Gasteiger partial charge in [-0.1, -0.05) is 52.3 Å². The SMILES string of the molecule is Cc1ccccc1CCNC(=O)NCCc1ccc(Br)cc1. The van der Waals surface area contributed by atoms with Crippen LogP contribution in [0.3, 0.4) is 0 Å². The maximum absolute atomic E-state index is 11.7. The Morgan fingerprint density at radius 1 is 0.955 bits per heavy atom. The van der Waals surface area contributed by atoms with Crippen LogP contribution in [0.5, 0.6) is 0 Å². The van der Waals surface area contributed by atoms with Gasteiger partial charge >= 0.3 is 6.03 Å². The van der Waals surface area contributed by atoms with Gasteiger partial charge in [0.25, 0.3) is 0 Å². The molecule has 0 aliphatic carbocycles. The van der Waals surface area contributed by atoms with Crippen molar-refractivity contribution in [3.63, 3.8) is 0 Å². The molecule has 0 radical (unpaired) electrons. The van der Waals surface area contributed by atoms with Gasteiger partial charge in [0.05, 0.1) is 0 Å². The Morgan fingerprint density at radius 3 is 2.27 bits per heavy atom. The van der Waals surface area contributed by atoms with E-state index >= 15 is 0 Å². The van der Waals surface area contributed by atoms with Crippen molar-refractivity contribution in [1.82, 2.24) is 10.6 Å². The summed E-state index contributed by atoms with van der Waals surface area (Å²) in [5, 5.41) is 5.78. The summed E-state index contributed by atoms with van der Waals surface area (Å²) in [5.41, 5.74) is 3.75. The number of rotatable bonds is 6. The second-order valence-corrected chi connectivity index (χ2v) is 6.15. The molecule has 2 amide bonds. The molecular weight excluding hydrogens is 340 g/mol. The molecule has 0 aliphatic heterocycles. The molecular formula is C18H21BrN2O. The van der Waals surface area contributed by atoms with Crippen LogP contribution in [0.2, 0.25) is 0 Å². The van der Waals surface area contributed by atoms with Crippen molar-refractivity contribution in [2.45, 2.75) is 19.8 Å². The molecule has 0 fully saturated rings. The van der Waals surface area contributed by atoms with Gasteiger partial charge in [0.15, 0.2) is 0 Å². The van der Waals surface area contributed by atoms with Crippen molar-refractivity contribution in [3.05, 3.63) is 69.7 Å². The summed E-state index contributed by atoms with van der Waals surface area (Å²) in [6.45, 7) is 3.38. The fourth-order valence-corrected chi connectivity index (χ4v) is 2.50. The number of carbonyl (C=O) groups excluding carboxylic acids is 1. The van der Waals surface area contributed by atoms with Crippen molar-refractivity contribution in [3.8, 4) is 0 Å². The summed E-state index contributed by atoms with van der Waals surface area (Å²) in [6, 6.07) is 16.3. The van der Waals surface area contributed by atoms with Gasteiger partial charge in [0.2, 0.25) is 0 Å². The molecule has 0 atom stereocenters. The number of benzene rings is 2. The summed E-state index contributed by atoms with van der Waals surface area (Å²) in [7, 11) is 0. The molecule has 2 aromatic carbocycles. The lowest BCUT2D eigenvalue weighted by Gasteiger charge is -2.09. The number of aryl methyl sites for hydroxylation is 1. The number of urea groups is 1. The van der Waals surface area contributed by atoms with E-state index in [2.05, 4.69) is 57.8 Å². The Labute approximate surface area is 140 Å². The molecule has 2 N–H and O–H groups in total. The molecule has 0 bridgehead atoms. The average molecular weight is 361 g/mol. The summed E-state index contributed by atoms with van der Waals surface area (Å²) in [4.78, 5) is 11.7. The molecule has 0 spiro atoms. The van der Waals surface area contributed by atoms with Crippen molar-refractivity contribution in [2.75, 3.05) is 13.1 Å². The molecule has 0 saturated heterocycles. The van der Waals surface area contributed by atoms with Gasteiger partial charge in [0, 0.05) is 17.6 Å². The Bertz CT molecular complexity index is 611. The second kappa shape index (κ2) is 8.59. The molecule has 0 saturated carbocycles. The van der Waals surface area contributed by atoms with Crippen LogP contribution in [0.25, 0.3) is 0 Å². The first-order valence-corrected chi connectivity index (χ1v) is 8.25. The first-order valence-electron chi connectivity index (χ1n) is 7.46. The summed E-state index contributed by atoms with van der Waals surface area (Å²) in [5.74, 6) is 0. The standard InChI is InChI=1S/C18H21BrN2O/c1-14-4-2-3-5-16(14)11-13-21-18(22)20-12-10-15-6-8-17(19)9-7-15/h2-9H,10-13H2,1H3,(H2,20,21,22). The molecule has 3 nitrogen and oxygen atoms in total. The van der Waals surface area contributed by atoms with Gasteiger partial charge in [-0.2, -0.15) is 0 Å². The maximum atomic E-state index is 11.7. The molecule has 0 aliphatic rings. The minimum atomic E-state index is -0.106. The fourth-order valence-electron chi connectivity index (χ4n) is 2.24. The quantitative estimate of drug-likeness (QED) is 0.807. The largest absolute Gasteiger partial charge is 0.338 e. The zero-order valence-corrected chi connectivity index (χ0v) is 14.3. The van der Waals surface area contributed by atoms with Crippen LogP contribution in [0.4, 0.5) is 4.79 Å². The van der Waals surface area contributed by atoms with Crippen molar-refractivity contribution < 1.29 is 4.79 Å². The maximum Gasteiger partial charge on any atom is 0.314 e. The monoisotopic (exact) mass is 360 g/mol. The second-order valence-electron chi connectivity index (χ2n) is 5.24. The Kier molecular flexibility index (Phi) is 6.46. The van der Waals surface area contributed by atoms with E-state index in [1.807, 2.05) is 24.3 Å². The molecule has 0 unspecified atom stereocenters. The van der Waals surface area contributed by atoms with Crippen LogP contribution < -0.4 is 10.6 Å². The van der Waals surface area contributed by atoms with Crippen LogP contribution in [0.15, 0.2) is 53.0 Å². The number of nitrogens with one attached hydrogen (secondary N) is 2. The molecule has 2 aromatic rings. The third-order valence-electron chi connectivity index (χ3n) is 3.55. The highest BCUT2D eigenvalue weighted by Gasteiger charge is 2.01. The Hall–Kier alpha value is -1.81. The zero-order valence-electron chi connectivity index (χ0n) is 12.7. The van der Waals surface area contributed by atoms with E-state index in [0.717, 1.165) is 17.3 Å². The van der Waals surface area contributed by atoms with E-state index in [1.54, 1.807) is 0 Å². The molecule has 2 rings (SSSR count). The van der Waals surface area contributed by atoms with Crippen molar-refractivity contribution >= 4 is 22.0 Å². The van der Waals surface area contributed by atoms with Gasteiger partial charge in [-0.3, -0.25) is 0 Å². The van der Waals surface area contributed by atoms with E-state index in [1.165, 1.54) is 16.7 Å². The van der Waals surface area contributed by atoms with E-state index < -0.39 is 0 Å². The Morgan fingerprint density at radius 2 is 1.59 bits per heavy atom. The van der Waals surface area contributed by atoms with Crippen LogP contribution in [-0.4, -0.2) is 19.1 Å². The van der Waals surface area contributed by atoms with Crippen LogP contribution in [-0.2, 0) is 12.8 Å². The van der Waals surface area contributed by atoms with E-state index in [-0.39, 0.29) is 6.03 Å². The average Bonchev–Trinajstić information content (AvgIpc) is 2.51. The topological polar surface area (TPSA) is 41.1 Å². The highest BCUT2D eigenvalue weighted by Crippen LogP contribution is 2.10. The highest BCUT2D eigenvalue weighted by molar-refractivity contribution is 9.10. The van der Waals surface area contributed by atoms with Crippen LogP contribution in [0, 0.1) is 6.92 Å². The highest BCUT2D eigenvalue weighted by atomic mass is 79.9. The third-order valence-corrected chi connectivity index (χ3v) is 4.08. The van der Waals surface area contributed by atoms with Gasteiger partial charge < -0.3 is 10.6 Å². The van der Waals surface area contributed by atoms with Gasteiger partial charge in [-0.05, 0) is 48.6 Å². The number of carbonyl (C=O) groups is 1. The summed E-state index contributed by atoms with van der Waals surface area (Å²) < 4.78 is 1.07.